The quantitative estimate of drug-likeness (QED) is 0.858. The summed E-state index contributed by atoms with van der Waals surface area (Å²) in [6.45, 7) is 4.35. The van der Waals surface area contributed by atoms with Crippen LogP contribution < -0.4 is 5.32 Å². The van der Waals surface area contributed by atoms with Crippen LogP contribution in [-0.2, 0) is 6.42 Å². The van der Waals surface area contributed by atoms with Crippen LogP contribution in [0.4, 0.5) is 0 Å². The number of hydrogen-bond donors (Lipinski definition) is 1. The van der Waals surface area contributed by atoms with Crippen molar-refractivity contribution < 1.29 is 4.52 Å². The summed E-state index contributed by atoms with van der Waals surface area (Å²) in [5.41, 5.74) is 1.02. The Balaban J connectivity index is 1.66. The van der Waals surface area contributed by atoms with Crippen molar-refractivity contribution in [1.29, 1.82) is 0 Å². The van der Waals surface area contributed by atoms with E-state index < -0.39 is 0 Å². The third-order valence-electron chi connectivity index (χ3n) is 3.75. The van der Waals surface area contributed by atoms with Crippen molar-refractivity contribution in [1.82, 2.24) is 15.5 Å². The first-order valence-electron chi connectivity index (χ1n) is 7.61. The van der Waals surface area contributed by atoms with Gasteiger partial charge in [-0.05, 0) is 61.9 Å². The van der Waals surface area contributed by atoms with E-state index in [0.29, 0.717) is 11.7 Å². The Morgan fingerprint density at radius 1 is 1.33 bits per heavy atom. The predicted molar refractivity (Wildman–Crippen MR) is 85.4 cm³/mol. The largest absolute Gasteiger partial charge is 0.339 e. The van der Waals surface area contributed by atoms with Crippen LogP contribution in [0.3, 0.4) is 0 Å². The van der Waals surface area contributed by atoms with Crippen molar-refractivity contribution in [2.75, 3.05) is 18.8 Å². The maximum atomic E-state index is 5.41. The molecule has 112 valence electrons. The van der Waals surface area contributed by atoms with Crippen molar-refractivity contribution in [3.05, 3.63) is 30.2 Å². The maximum Gasteiger partial charge on any atom is 0.227 e. The number of nitrogens with one attached hydrogen (secondary N) is 1. The summed E-state index contributed by atoms with van der Waals surface area (Å²) < 4.78 is 5.41. The summed E-state index contributed by atoms with van der Waals surface area (Å²) in [6.07, 6.45) is 3.36. The molecule has 2 aromatic rings. The summed E-state index contributed by atoms with van der Waals surface area (Å²) in [5.74, 6) is 3.16. The molecule has 1 aromatic carbocycles. The molecule has 5 heteroatoms. The van der Waals surface area contributed by atoms with E-state index in [-0.39, 0.29) is 0 Å². The molecule has 1 fully saturated rings. The molecule has 4 nitrogen and oxygen atoms in total. The minimum atomic E-state index is 0.621. The Bertz CT molecular complexity index is 561. The highest BCUT2D eigenvalue weighted by Crippen LogP contribution is 2.23. The molecule has 0 saturated carbocycles. The van der Waals surface area contributed by atoms with Crippen LogP contribution in [0.2, 0.25) is 0 Å². The first kappa shape index (κ1) is 14.6. The lowest BCUT2D eigenvalue weighted by Crippen LogP contribution is -2.30. The second-order valence-electron chi connectivity index (χ2n) is 5.39. The molecular formula is C16H21N3OS. The van der Waals surface area contributed by atoms with Crippen LogP contribution in [0, 0.1) is 5.92 Å². The smallest absolute Gasteiger partial charge is 0.227 e. The summed E-state index contributed by atoms with van der Waals surface area (Å²) in [6, 6.07) is 8.36. The second kappa shape index (κ2) is 7.09. The van der Waals surface area contributed by atoms with Crippen molar-refractivity contribution in [2.45, 2.75) is 31.1 Å². The number of piperidine rings is 1. The van der Waals surface area contributed by atoms with Gasteiger partial charge in [0.15, 0.2) is 0 Å². The summed E-state index contributed by atoms with van der Waals surface area (Å²) in [7, 11) is 0. The molecule has 1 aliphatic rings. The topological polar surface area (TPSA) is 51.0 Å². The van der Waals surface area contributed by atoms with Gasteiger partial charge in [0.05, 0.1) is 0 Å². The molecule has 0 aliphatic carbocycles. The zero-order valence-electron chi connectivity index (χ0n) is 12.3. The van der Waals surface area contributed by atoms with Gasteiger partial charge in [0.25, 0.3) is 0 Å². The van der Waals surface area contributed by atoms with E-state index in [1.54, 1.807) is 0 Å². The highest BCUT2D eigenvalue weighted by atomic mass is 32.2. The predicted octanol–water partition coefficient (Wildman–Crippen LogP) is 3.39. The molecule has 2 heterocycles. The Hall–Kier alpha value is -1.33. The van der Waals surface area contributed by atoms with Gasteiger partial charge in [0.1, 0.15) is 0 Å². The number of aromatic nitrogens is 2. The Morgan fingerprint density at radius 2 is 2.19 bits per heavy atom. The third-order valence-corrected chi connectivity index (χ3v) is 4.65. The summed E-state index contributed by atoms with van der Waals surface area (Å²) >= 11 is 1.84. The molecule has 1 saturated heterocycles. The minimum Gasteiger partial charge on any atom is -0.339 e. The van der Waals surface area contributed by atoms with Crippen LogP contribution in [0.5, 0.6) is 0 Å². The van der Waals surface area contributed by atoms with E-state index in [0.717, 1.165) is 36.7 Å². The van der Waals surface area contributed by atoms with Gasteiger partial charge in [-0.3, -0.25) is 0 Å². The first-order valence-corrected chi connectivity index (χ1v) is 8.60. The normalized spacial score (nSPS) is 18.8. The van der Waals surface area contributed by atoms with Crippen LogP contribution >= 0.6 is 11.8 Å². The van der Waals surface area contributed by atoms with E-state index in [1.165, 1.54) is 17.7 Å². The Labute approximate surface area is 129 Å². The van der Waals surface area contributed by atoms with Gasteiger partial charge in [-0.2, -0.15) is 4.98 Å². The summed E-state index contributed by atoms with van der Waals surface area (Å²) in [4.78, 5) is 5.81. The van der Waals surface area contributed by atoms with Gasteiger partial charge in [0.2, 0.25) is 11.7 Å². The molecular weight excluding hydrogens is 282 g/mol. The van der Waals surface area contributed by atoms with E-state index in [9.17, 15) is 0 Å². The molecule has 1 aromatic heterocycles. The number of hydrogen-bond acceptors (Lipinski definition) is 5. The molecule has 3 rings (SSSR count). The van der Waals surface area contributed by atoms with Crippen LogP contribution in [0.15, 0.2) is 33.7 Å². The maximum absolute atomic E-state index is 5.41. The molecule has 21 heavy (non-hydrogen) atoms. The Morgan fingerprint density at radius 3 is 2.90 bits per heavy atom. The lowest BCUT2D eigenvalue weighted by Gasteiger charge is -2.20. The van der Waals surface area contributed by atoms with Crippen molar-refractivity contribution in [2.24, 2.45) is 5.92 Å². The Kier molecular flexibility index (Phi) is 4.93. The van der Waals surface area contributed by atoms with Gasteiger partial charge in [-0.25, -0.2) is 0 Å². The number of thioether (sulfide) groups is 1. The monoisotopic (exact) mass is 303 g/mol. The number of benzene rings is 1. The standard InChI is InChI=1S/C16H21N3OS/c1-2-21-14-7-5-13(6-8-14)16-18-15(20-19-16)10-12-4-3-9-17-11-12/h5-8,12,17H,2-4,9-11H2,1H3. The van der Waals surface area contributed by atoms with E-state index in [1.807, 2.05) is 11.8 Å². The van der Waals surface area contributed by atoms with Crippen LogP contribution in [0.25, 0.3) is 11.4 Å². The molecule has 1 N–H and O–H groups in total. The van der Waals surface area contributed by atoms with E-state index >= 15 is 0 Å². The SMILES string of the molecule is CCSc1ccc(-c2noc(CC3CCCNC3)n2)cc1. The van der Waals surface area contributed by atoms with E-state index in [2.05, 4.69) is 46.6 Å². The zero-order valence-corrected chi connectivity index (χ0v) is 13.2. The fraction of sp³-hybridized carbons (Fsp3) is 0.500. The molecule has 0 amide bonds. The highest BCUT2D eigenvalue weighted by Gasteiger charge is 2.17. The second-order valence-corrected chi connectivity index (χ2v) is 6.72. The number of nitrogens with zero attached hydrogens (tertiary/aromatic N) is 2. The van der Waals surface area contributed by atoms with Gasteiger partial charge < -0.3 is 9.84 Å². The van der Waals surface area contributed by atoms with Gasteiger partial charge in [-0.15, -0.1) is 11.8 Å². The molecule has 0 bridgehead atoms. The fourth-order valence-corrected chi connectivity index (χ4v) is 3.33. The number of rotatable bonds is 5. The molecule has 1 aliphatic heterocycles. The van der Waals surface area contributed by atoms with Gasteiger partial charge in [-0.1, -0.05) is 12.1 Å². The average Bonchev–Trinajstić information content (AvgIpc) is 2.98. The van der Waals surface area contributed by atoms with Crippen molar-refractivity contribution >= 4 is 11.8 Å². The average molecular weight is 303 g/mol. The molecule has 1 unspecified atom stereocenters. The lowest BCUT2D eigenvalue weighted by atomic mass is 9.96. The summed E-state index contributed by atoms with van der Waals surface area (Å²) in [5, 5.41) is 7.53. The van der Waals surface area contributed by atoms with Crippen molar-refractivity contribution in [3.8, 4) is 11.4 Å². The van der Waals surface area contributed by atoms with Crippen LogP contribution in [-0.4, -0.2) is 29.0 Å². The first-order chi connectivity index (χ1) is 10.3. The van der Waals surface area contributed by atoms with E-state index in [4.69, 9.17) is 4.52 Å². The zero-order chi connectivity index (χ0) is 14.5. The molecule has 1 atom stereocenters. The third kappa shape index (κ3) is 3.86. The highest BCUT2D eigenvalue weighted by molar-refractivity contribution is 7.99. The molecule has 0 radical (unpaired) electrons. The fourth-order valence-electron chi connectivity index (χ4n) is 2.67. The molecule has 0 spiro atoms. The van der Waals surface area contributed by atoms with Gasteiger partial charge in [0, 0.05) is 16.9 Å². The van der Waals surface area contributed by atoms with Crippen molar-refractivity contribution in [3.63, 3.8) is 0 Å². The lowest BCUT2D eigenvalue weighted by molar-refractivity contribution is 0.316. The van der Waals surface area contributed by atoms with Gasteiger partial charge >= 0.3 is 0 Å². The van der Waals surface area contributed by atoms with Crippen LogP contribution in [0.1, 0.15) is 25.7 Å². The minimum absolute atomic E-state index is 0.621.